The number of benzene rings is 2. The van der Waals surface area contributed by atoms with E-state index in [1.165, 1.54) is 50.4 Å². The van der Waals surface area contributed by atoms with Gasteiger partial charge in [-0.25, -0.2) is 9.59 Å². The molecule has 2 aromatic carbocycles. The fourth-order valence-corrected chi connectivity index (χ4v) is 5.29. The van der Waals surface area contributed by atoms with Gasteiger partial charge >= 0.3 is 11.7 Å². The molecule has 4 atom stereocenters. The Kier molecular flexibility index (Phi) is 9.66. The highest BCUT2D eigenvalue weighted by molar-refractivity contribution is 5.99. The Bertz CT molecular complexity index is 1720. The van der Waals surface area contributed by atoms with Crippen LogP contribution >= 0.6 is 0 Å². The summed E-state index contributed by atoms with van der Waals surface area (Å²) in [5.74, 6) is -1.08. The SMILES string of the molecule is CO[C@@H]1[C@@H](OC(N)=O)[C@@H](O)[C@H](Oc2ccc3c(O)c(CC(=O)c4ccc(O)c(C/C=C/C(C)=O)c4)c(=O)oc3c2C)OC1(C)C. The van der Waals surface area contributed by atoms with Crippen LogP contribution < -0.4 is 16.1 Å². The van der Waals surface area contributed by atoms with E-state index in [2.05, 4.69) is 0 Å². The van der Waals surface area contributed by atoms with Gasteiger partial charge in [-0.3, -0.25) is 9.59 Å². The molecule has 0 unspecified atom stereocenters. The molecular formula is C32H35NO12. The summed E-state index contributed by atoms with van der Waals surface area (Å²) in [5.41, 5.74) is 3.71. The van der Waals surface area contributed by atoms with E-state index < -0.39 is 59.9 Å². The van der Waals surface area contributed by atoms with Crippen molar-refractivity contribution in [2.75, 3.05) is 7.11 Å². The number of phenols is 1. The third-order valence-electron chi connectivity index (χ3n) is 7.54. The first-order valence-corrected chi connectivity index (χ1v) is 14.0. The van der Waals surface area contributed by atoms with Crippen LogP contribution in [0.5, 0.6) is 17.2 Å². The summed E-state index contributed by atoms with van der Waals surface area (Å²) in [4.78, 5) is 48.8. The number of aliphatic hydroxyl groups is 1. The normalized spacial score (nSPS) is 21.1. The number of hydrogen-bond acceptors (Lipinski definition) is 12. The highest BCUT2D eigenvalue weighted by Crippen LogP contribution is 2.38. The molecule has 1 aliphatic heterocycles. The van der Waals surface area contributed by atoms with Gasteiger partial charge in [-0.1, -0.05) is 6.08 Å². The van der Waals surface area contributed by atoms with Crippen molar-refractivity contribution >= 4 is 28.6 Å². The van der Waals surface area contributed by atoms with Crippen molar-refractivity contribution in [3.63, 3.8) is 0 Å². The number of carbonyl (C=O) groups is 3. The van der Waals surface area contributed by atoms with Gasteiger partial charge < -0.3 is 44.4 Å². The van der Waals surface area contributed by atoms with Gasteiger partial charge in [-0.15, -0.1) is 0 Å². The first-order chi connectivity index (χ1) is 21.1. The molecule has 5 N–H and O–H groups in total. The number of methoxy groups -OCH3 is 1. The van der Waals surface area contributed by atoms with E-state index in [1.807, 2.05) is 0 Å². The number of rotatable bonds is 10. The summed E-state index contributed by atoms with van der Waals surface area (Å²) in [6.45, 7) is 6.25. The number of aryl methyl sites for hydroxylation is 1. The fraction of sp³-hybridized carbons (Fsp3) is 0.375. The molecule has 240 valence electrons. The molecule has 4 rings (SSSR count). The molecule has 13 heteroatoms. The van der Waals surface area contributed by atoms with Gasteiger partial charge in [0, 0.05) is 24.7 Å². The lowest BCUT2D eigenvalue weighted by Gasteiger charge is -2.47. The van der Waals surface area contributed by atoms with E-state index in [4.69, 9.17) is 29.1 Å². The fourth-order valence-electron chi connectivity index (χ4n) is 5.29. The Balaban J connectivity index is 1.61. The van der Waals surface area contributed by atoms with Crippen LogP contribution in [0.15, 0.2) is 51.7 Å². The molecule has 1 fully saturated rings. The topological polar surface area (TPSA) is 205 Å². The second kappa shape index (κ2) is 13.1. The molecule has 45 heavy (non-hydrogen) atoms. The van der Waals surface area contributed by atoms with Gasteiger partial charge in [0.05, 0.1) is 16.6 Å². The third-order valence-corrected chi connectivity index (χ3v) is 7.54. The molecule has 0 radical (unpaired) electrons. The maximum atomic E-state index is 13.1. The number of aromatic hydroxyl groups is 2. The predicted molar refractivity (Wildman–Crippen MR) is 159 cm³/mol. The Morgan fingerprint density at radius 3 is 2.49 bits per heavy atom. The number of primary amides is 1. The number of phenolic OH excluding ortho intramolecular Hbond substituents is 1. The summed E-state index contributed by atoms with van der Waals surface area (Å²) < 4.78 is 27.9. The molecule has 1 aromatic heterocycles. The van der Waals surface area contributed by atoms with Crippen molar-refractivity contribution in [1.29, 1.82) is 0 Å². The van der Waals surface area contributed by atoms with Crippen molar-refractivity contribution < 1.29 is 53.1 Å². The second-order valence-electron chi connectivity index (χ2n) is 11.2. The van der Waals surface area contributed by atoms with Crippen LogP contribution in [0, 0.1) is 6.92 Å². The zero-order chi connectivity index (χ0) is 33.2. The molecule has 13 nitrogen and oxygen atoms in total. The van der Waals surface area contributed by atoms with Gasteiger partial charge in [-0.05, 0) is 76.1 Å². The van der Waals surface area contributed by atoms with E-state index >= 15 is 0 Å². The lowest BCUT2D eigenvalue weighted by Crippen LogP contribution is -2.65. The molecule has 1 saturated heterocycles. The highest BCUT2D eigenvalue weighted by Gasteiger charge is 2.53. The van der Waals surface area contributed by atoms with E-state index in [1.54, 1.807) is 26.8 Å². The number of ether oxygens (including phenoxy) is 4. The highest BCUT2D eigenvalue weighted by atomic mass is 16.7. The molecule has 0 aliphatic carbocycles. The third kappa shape index (κ3) is 7.00. The van der Waals surface area contributed by atoms with Crippen molar-refractivity contribution in [3.8, 4) is 17.2 Å². The molecule has 0 bridgehead atoms. The molecule has 0 saturated carbocycles. The van der Waals surface area contributed by atoms with Crippen LogP contribution in [0.4, 0.5) is 4.79 Å². The second-order valence-corrected chi connectivity index (χ2v) is 11.2. The Morgan fingerprint density at radius 1 is 1.13 bits per heavy atom. The average Bonchev–Trinajstić information content (AvgIpc) is 2.95. The summed E-state index contributed by atoms with van der Waals surface area (Å²) in [6.07, 6.45) is -3.51. The summed E-state index contributed by atoms with van der Waals surface area (Å²) in [5, 5.41) is 32.3. The van der Waals surface area contributed by atoms with Crippen LogP contribution in [0.25, 0.3) is 11.0 Å². The van der Waals surface area contributed by atoms with E-state index in [0.717, 1.165) is 0 Å². The number of amides is 1. The standard InChI is InChI=1S/C32H35NO12/c1-15(34)7-6-8-17-13-18(9-11-21(17)35)22(36)14-20-24(37)19-10-12-23(16(2)26(19)43-29(20)39)42-30-25(38)27(44-31(33)40)28(41-5)32(3,4)45-30/h6-7,9-13,25,27-28,30,35,37-38H,8,14H2,1-5H3,(H2,33,40)/b7-6+/t25-,27+,28-,30-/m1/s1. The Labute approximate surface area is 257 Å². The summed E-state index contributed by atoms with van der Waals surface area (Å²) >= 11 is 0. The number of nitrogens with two attached hydrogens (primary N) is 1. The number of fused-ring (bicyclic) bond motifs is 1. The van der Waals surface area contributed by atoms with Crippen LogP contribution in [-0.4, -0.2) is 70.3 Å². The van der Waals surface area contributed by atoms with Crippen LogP contribution in [0.2, 0.25) is 0 Å². The monoisotopic (exact) mass is 625 g/mol. The number of allylic oxidation sites excluding steroid dienone is 2. The minimum Gasteiger partial charge on any atom is -0.508 e. The minimum atomic E-state index is -1.52. The number of ketones is 2. The maximum absolute atomic E-state index is 13.1. The van der Waals surface area contributed by atoms with Crippen molar-refractivity contribution in [2.45, 2.75) is 70.7 Å². The molecular weight excluding hydrogens is 590 g/mol. The van der Waals surface area contributed by atoms with E-state index in [0.29, 0.717) is 5.56 Å². The Morgan fingerprint density at radius 2 is 1.84 bits per heavy atom. The zero-order valence-electron chi connectivity index (χ0n) is 25.4. The zero-order valence-corrected chi connectivity index (χ0v) is 25.4. The van der Waals surface area contributed by atoms with Crippen LogP contribution in [0.3, 0.4) is 0 Å². The number of hydrogen-bond donors (Lipinski definition) is 4. The number of Topliss-reactive ketones (excluding diaryl/α,β-unsaturated/α-hetero) is 1. The molecule has 3 aromatic rings. The van der Waals surface area contributed by atoms with E-state index in [9.17, 15) is 34.5 Å². The molecule has 1 aliphatic rings. The molecule has 2 heterocycles. The number of aliphatic hydroxyl groups excluding tert-OH is 1. The molecule has 0 spiro atoms. The average molecular weight is 626 g/mol. The lowest BCUT2D eigenvalue weighted by atomic mass is 9.89. The molecule has 1 amide bonds. The first-order valence-electron chi connectivity index (χ1n) is 14.0. The summed E-state index contributed by atoms with van der Waals surface area (Å²) in [7, 11) is 1.36. The van der Waals surface area contributed by atoms with Crippen molar-refractivity contribution in [1.82, 2.24) is 0 Å². The first kappa shape index (κ1) is 33.2. The minimum absolute atomic E-state index is 0.0281. The predicted octanol–water partition coefficient (Wildman–Crippen LogP) is 2.98. The lowest BCUT2D eigenvalue weighted by molar-refractivity contribution is -0.304. The number of carbonyl (C=O) groups excluding carboxylic acids is 3. The maximum Gasteiger partial charge on any atom is 0.404 e. The van der Waals surface area contributed by atoms with E-state index in [-0.39, 0.29) is 51.4 Å². The van der Waals surface area contributed by atoms with Crippen molar-refractivity contribution in [3.05, 3.63) is 75.2 Å². The van der Waals surface area contributed by atoms with Crippen molar-refractivity contribution in [2.24, 2.45) is 5.73 Å². The van der Waals surface area contributed by atoms with Gasteiger partial charge in [0.2, 0.25) is 6.29 Å². The Hall–Kier alpha value is -4.72. The van der Waals surface area contributed by atoms with Gasteiger partial charge in [0.1, 0.15) is 28.9 Å². The van der Waals surface area contributed by atoms with Gasteiger partial charge in [-0.2, -0.15) is 0 Å². The van der Waals surface area contributed by atoms with Gasteiger partial charge in [0.25, 0.3) is 0 Å². The largest absolute Gasteiger partial charge is 0.508 e. The quantitative estimate of drug-likeness (QED) is 0.146. The van der Waals surface area contributed by atoms with Crippen LogP contribution in [-0.2, 0) is 31.8 Å². The summed E-state index contributed by atoms with van der Waals surface area (Å²) in [6, 6.07) is 7.05. The van der Waals surface area contributed by atoms with Crippen LogP contribution in [0.1, 0.15) is 47.8 Å². The van der Waals surface area contributed by atoms with Gasteiger partial charge in [0.15, 0.2) is 23.8 Å². The smallest absolute Gasteiger partial charge is 0.404 e.